The largest absolute Gasteiger partial charge is 0.367 e. The fourth-order valence-corrected chi connectivity index (χ4v) is 3.54. The van der Waals surface area contributed by atoms with E-state index in [1.165, 1.54) is 41.3 Å². The van der Waals surface area contributed by atoms with E-state index >= 15 is 0 Å². The quantitative estimate of drug-likeness (QED) is 0.365. The first-order valence-electron chi connectivity index (χ1n) is 10.2. The number of carbonyl (C=O) groups excluding carboxylic acids is 1. The molecule has 1 amide bonds. The third kappa shape index (κ3) is 5.04. The van der Waals surface area contributed by atoms with Crippen LogP contribution in [0, 0.1) is 11.6 Å². The molecule has 0 unspecified atom stereocenters. The fourth-order valence-electron chi connectivity index (χ4n) is 3.41. The van der Waals surface area contributed by atoms with Crippen LogP contribution in [0.15, 0.2) is 79.0 Å². The Balaban J connectivity index is 1.68. The van der Waals surface area contributed by atoms with Crippen LogP contribution in [0.3, 0.4) is 0 Å². The Labute approximate surface area is 195 Å². The highest BCUT2D eigenvalue weighted by atomic mass is 35.5. The molecule has 0 aliphatic rings. The van der Waals surface area contributed by atoms with Gasteiger partial charge < -0.3 is 14.4 Å². The number of hydrogen-bond donors (Lipinski definition) is 0. The molecule has 0 aliphatic heterocycles. The van der Waals surface area contributed by atoms with E-state index in [-0.39, 0.29) is 23.2 Å². The number of amides is 1. The molecule has 0 fully saturated rings. The van der Waals surface area contributed by atoms with Crippen LogP contribution in [0.2, 0.25) is 5.02 Å². The van der Waals surface area contributed by atoms with Crippen molar-refractivity contribution in [1.29, 1.82) is 0 Å². The van der Waals surface area contributed by atoms with Crippen LogP contribution in [-0.4, -0.2) is 29.6 Å². The summed E-state index contributed by atoms with van der Waals surface area (Å²) in [4.78, 5) is 21.1. The molecule has 0 saturated carbocycles. The van der Waals surface area contributed by atoms with E-state index in [1.54, 1.807) is 37.5 Å². The second-order valence-corrected chi connectivity index (χ2v) is 8.00. The zero-order valence-electron chi connectivity index (χ0n) is 18.0. The summed E-state index contributed by atoms with van der Waals surface area (Å²) in [6.45, 7) is 0.363. The Kier molecular flexibility index (Phi) is 6.42. The summed E-state index contributed by atoms with van der Waals surface area (Å²) in [5, 5.41) is 0.594. The Hall–Kier alpha value is -3.71. The van der Waals surface area contributed by atoms with Crippen molar-refractivity contribution in [1.82, 2.24) is 9.55 Å². The minimum absolute atomic E-state index is 0.235. The Morgan fingerprint density at radius 1 is 0.879 bits per heavy atom. The Morgan fingerprint density at radius 3 is 2.00 bits per heavy atom. The van der Waals surface area contributed by atoms with Crippen molar-refractivity contribution in [3.05, 3.63) is 107 Å². The van der Waals surface area contributed by atoms with E-state index in [9.17, 15) is 13.6 Å². The van der Waals surface area contributed by atoms with Crippen molar-refractivity contribution in [3.8, 4) is 5.69 Å². The normalized spacial score (nSPS) is 10.8. The second kappa shape index (κ2) is 9.42. The Bertz CT molecular complexity index is 1260. The van der Waals surface area contributed by atoms with Gasteiger partial charge in [0.1, 0.15) is 23.2 Å². The predicted molar refractivity (Wildman–Crippen MR) is 126 cm³/mol. The molecule has 1 heterocycles. The molecule has 168 valence electrons. The maximum absolute atomic E-state index is 13.3. The van der Waals surface area contributed by atoms with E-state index in [0.717, 1.165) is 11.4 Å². The van der Waals surface area contributed by atoms with E-state index in [0.29, 0.717) is 23.1 Å². The molecule has 5 nitrogen and oxygen atoms in total. The van der Waals surface area contributed by atoms with Crippen LogP contribution in [0.4, 0.5) is 20.2 Å². The van der Waals surface area contributed by atoms with Gasteiger partial charge >= 0.3 is 0 Å². The molecule has 33 heavy (non-hydrogen) atoms. The molecular weight excluding hydrogens is 446 g/mol. The minimum atomic E-state index is -0.377. The van der Waals surface area contributed by atoms with Gasteiger partial charge in [0.15, 0.2) is 0 Å². The molecule has 8 heteroatoms. The molecule has 0 aliphatic carbocycles. The average Bonchev–Trinajstić information content (AvgIpc) is 3.23. The summed E-state index contributed by atoms with van der Waals surface area (Å²) in [5.41, 5.74) is 2.38. The first-order chi connectivity index (χ1) is 15.8. The van der Waals surface area contributed by atoms with Gasteiger partial charge in [-0.25, -0.2) is 13.8 Å². The van der Waals surface area contributed by atoms with Gasteiger partial charge in [0.25, 0.3) is 5.91 Å². The van der Waals surface area contributed by atoms with Crippen molar-refractivity contribution in [2.45, 2.75) is 6.54 Å². The summed E-state index contributed by atoms with van der Waals surface area (Å²) in [6, 6.07) is 19.0. The summed E-state index contributed by atoms with van der Waals surface area (Å²) in [6.07, 6.45) is 1.67. The van der Waals surface area contributed by atoms with Crippen LogP contribution in [0.5, 0.6) is 0 Å². The van der Waals surface area contributed by atoms with Crippen LogP contribution in [-0.2, 0) is 6.54 Å². The lowest BCUT2D eigenvalue weighted by Gasteiger charge is -2.19. The molecule has 1 aromatic heterocycles. The van der Waals surface area contributed by atoms with Crippen LogP contribution in [0.1, 0.15) is 16.3 Å². The number of nitrogens with zero attached hydrogens (tertiary/aromatic N) is 4. The lowest BCUT2D eigenvalue weighted by molar-refractivity contribution is 0.0988. The number of anilines is 2. The average molecular weight is 467 g/mol. The standard InChI is InChI=1S/C25H21ClF2N4O/c1-30(20-11-5-18(27)6-12-20)16-24-29-23(15-32(24)22-9-3-17(26)4-10-22)25(33)31(2)21-13-7-19(28)8-14-21/h3-15H,16H2,1-2H3. The van der Waals surface area contributed by atoms with Gasteiger partial charge in [-0.05, 0) is 72.8 Å². The van der Waals surface area contributed by atoms with Crippen molar-refractivity contribution in [2.75, 3.05) is 23.9 Å². The maximum atomic E-state index is 13.3. The summed E-state index contributed by atoms with van der Waals surface area (Å²) >= 11 is 6.04. The lowest BCUT2D eigenvalue weighted by atomic mass is 10.2. The molecule has 0 saturated heterocycles. The van der Waals surface area contributed by atoms with E-state index in [4.69, 9.17) is 11.6 Å². The number of hydrogen-bond acceptors (Lipinski definition) is 3. The Morgan fingerprint density at radius 2 is 1.42 bits per heavy atom. The summed E-state index contributed by atoms with van der Waals surface area (Å²) in [7, 11) is 3.47. The fraction of sp³-hybridized carbons (Fsp3) is 0.120. The third-order valence-electron chi connectivity index (χ3n) is 5.27. The summed E-state index contributed by atoms with van der Waals surface area (Å²) in [5.74, 6) is -0.413. The van der Waals surface area contributed by atoms with Gasteiger partial charge in [0, 0.05) is 42.4 Å². The maximum Gasteiger partial charge on any atom is 0.278 e. The van der Waals surface area contributed by atoms with Gasteiger partial charge in [0.2, 0.25) is 0 Å². The topological polar surface area (TPSA) is 41.4 Å². The molecule has 0 bridgehead atoms. The number of halogens is 3. The number of rotatable bonds is 6. The van der Waals surface area contributed by atoms with Crippen molar-refractivity contribution in [2.24, 2.45) is 0 Å². The highest BCUT2D eigenvalue weighted by Gasteiger charge is 2.21. The molecule has 4 aromatic rings. The molecular formula is C25H21ClF2N4O. The molecule has 4 rings (SSSR count). The van der Waals surface area contributed by atoms with E-state index < -0.39 is 0 Å². The SMILES string of the molecule is CN(Cc1nc(C(=O)N(C)c2ccc(F)cc2)cn1-c1ccc(Cl)cc1)c1ccc(F)cc1. The molecule has 0 spiro atoms. The van der Waals surface area contributed by atoms with Crippen LogP contribution >= 0.6 is 11.6 Å². The van der Waals surface area contributed by atoms with E-state index in [1.807, 2.05) is 28.6 Å². The molecule has 0 atom stereocenters. The third-order valence-corrected chi connectivity index (χ3v) is 5.52. The molecule has 0 radical (unpaired) electrons. The highest BCUT2D eigenvalue weighted by molar-refractivity contribution is 6.30. The lowest BCUT2D eigenvalue weighted by Crippen LogP contribution is -2.26. The number of benzene rings is 3. The second-order valence-electron chi connectivity index (χ2n) is 7.56. The van der Waals surface area contributed by atoms with Crippen molar-refractivity contribution in [3.63, 3.8) is 0 Å². The van der Waals surface area contributed by atoms with Crippen LogP contribution in [0.25, 0.3) is 5.69 Å². The van der Waals surface area contributed by atoms with Gasteiger partial charge in [-0.3, -0.25) is 4.79 Å². The molecule has 3 aromatic carbocycles. The van der Waals surface area contributed by atoms with Gasteiger partial charge in [-0.15, -0.1) is 0 Å². The molecule has 0 N–H and O–H groups in total. The minimum Gasteiger partial charge on any atom is -0.367 e. The zero-order valence-corrected chi connectivity index (χ0v) is 18.8. The number of carbonyl (C=O) groups is 1. The zero-order chi connectivity index (χ0) is 23.5. The van der Waals surface area contributed by atoms with Gasteiger partial charge in [0.05, 0.1) is 6.54 Å². The predicted octanol–water partition coefficient (Wildman–Crippen LogP) is 5.72. The first kappa shape index (κ1) is 22.5. The first-order valence-corrected chi connectivity index (χ1v) is 10.5. The highest BCUT2D eigenvalue weighted by Crippen LogP contribution is 2.22. The smallest absolute Gasteiger partial charge is 0.278 e. The van der Waals surface area contributed by atoms with Crippen molar-refractivity contribution >= 4 is 28.9 Å². The summed E-state index contributed by atoms with van der Waals surface area (Å²) < 4.78 is 28.4. The van der Waals surface area contributed by atoms with Gasteiger partial charge in [-0.2, -0.15) is 0 Å². The monoisotopic (exact) mass is 466 g/mol. The number of aromatic nitrogens is 2. The van der Waals surface area contributed by atoms with E-state index in [2.05, 4.69) is 4.98 Å². The van der Waals surface area contributed by atoms with Crippen molar-refractivity contribution < 1.29 is 13.6 Å². The number of imidazole rings is 1. The van der Waals surface area contributed by atoms with Gasteiger partial charge in [-0.1, -0.05) is 11.6 Å². The van der Waals surface area contributed by atoms with Crippen LogP contribution < -0.4 is 9.80 Å².